The number of aromatic nitrogens is 2. The summed E-state index contributed by atoms with van der Waals surface area (Å²) in [5, 5.41) is 9.26. The summed E-state index contributed by atoms with van der Waals surface area (Å²) in [4.78, 5) is 19.9. The summed E-state index contributed by atoms with van der Waals surface area (Å²) in [7, 11) is 3.18. The van der Waals surface area contributed by atoms with Gasteiger partial charge in [-0.05, 0) is 46.5 Å². The van der Waals surface area contributed by atoms with Gasteiger partial charge in [0.05, 0.1) is 31.4 Å². The largest absolute Gasteiger partial charge is 0.493 e. The Morgan fingerprint density at radius 1 is 0.828 bits per heavy atom. The Morgan fingerprint density at radius 2 is 1.52 bits per heavy atom. The van der Waals surface area contributed by atoms with Crippen LogP contribution in [0, 0.1) is 0 Å². The fourth-order valence-electron chi connectivity index (χ4n) is 3.26. The lowest BCUT2D eigenvalue weighted by molar-refractivity contribution is 0.0690. The van der Waals surface area contributed by atoms with E-state index in [0.29, 0.717) is 22.5 Å². The van der Waals surface area contributed by atoms with Crippen molar-refractivity contribution in [2.45, 2.75) is 0 Å². The van der Waals surface area contributed by atoms with Crippen molar-refractivity contribution in [1.82, 2.24) is 9.97 Å². The van der Waals surface area contributed by atoms with E-state index >= 15 is 0 Å². The van der Waals surface area contributed by atoms with Crippen LogP contribution in [0.25, 0.3) is 33.3 Å². The molecule has 0 spiro atoms. The average molecular weight is 386 g/mol. The van der Waals surface area contributed by atoms with Gasteiger partial charge in [-0.3, -0.25) is 4.98 Å². The van der Waals surface area contributed by atoms with Crippen LogP contribution in [0.3, 0.4) is 0 Å². The van der Waals surface area contributed by atoms with Crippen LogP contribution in [-0.4, -0.2) is 35.3 Å². The smallest absolute Gasteiger partial charge is 0.356 e. The second-order valence-corrected chi connectivity index (χ2v) is 6.38. The van der Waals surface area contributed by atoms with E-state index < -0.39 is 5.97 Å². The van der Waals surface area contributed by atoms with Crippen molar-refractivity contribution in [1.29, 1.82) is 0 Å². The van der Waals surface area contributed by atoms with Crippen molar-refractivity contribution in [2.24, 2.45) is 0 Å². The molecule has 0 unspecified atom stereocenters. The molecule has 0 aliphatic rings. The van der Waals surface area contributed by atoms with Gasteiger partial charge in [0, 0.05) is 0 Å². The number of hydrogen-bond acceptors (Lipinski definition) is 5. The van der Waals surface area contributed by atoms with Crippen LogP contribution in [0.4, 0.5) is 0 Å². The molecule has 0 atom stereocenters. The van der Waals surface area contributed by atoms with Gasteiger partial charge in [0.25, 0.3) is 0 Å². The molecule has 1 heterocycles. The fraction of sp³-hybridized carbons (Fsp3) is 0.0870. The van der Waals surface area contributed by atoms with Gasteiger partial charge in [-0.25, -0.2) is 9.78 Å². The fourth-order valence-corrected chi connectivity index (χ4v) is 3.26. The first kappa shape index (κ1) is 18.4. The first-order valence-corrected chi connectivity index (χ1v) is 8.92. The zero-order valence-electron chi connectivity index (χ0n) is 15.9. The van der Waals surface area contributed by atoms with Crippen molar-refractivity contribution in [2.75, 3.05) is 14.2 Å². The van der Waals surface area contributed by atoms with E-state index in [1.165, 1.54) is 6.20 Å². The number of rotatable bonds is 5. The van der Waals surface area contributed by atoms with Crippen LogP contribution < -0.4 is 9.47 Å². The zero-order valence-corrected chi connectivity index (χ0v) is 15.9. The third kappa shape index (κ3) is 3.48. The topological polar surface area (TPSA) is 81.5 Å². The van der Waals surface area contributed by atoms with Crippen LogP contribution >= 0.6 is 0 Å². The van der Waals surface area contributed by atoms with Crippen LogP contribution in [0.5, 0.6) is 11.5 Å². The van der Waals surface area contributed by atoms with E-state index in [1.807, 2.05) is 60.7 Å². The van der Waals surface area contributed by atoms with Gasteiger partial charge in [0.15, 0.2) is 17.2 Å². The summed E-state index contributed by atoms with van der Waals surface area (Å²) in [6.45, 7) is 0. The second kappa shape index (κ2) is 7.59. The van der Waals surface area contributed by atoms with E-state index in [2.05, 4.69) is 9.97 Å². The Hall–Kier alpha value is -3.93. The van der Waals surface area contributed by atoms with Gasteiger partial charge in [-0.2, -0.15) is 0 Å². The molecule has 0 fully saturated rings. The normalized spacial score (nSPS) is 10.7. The van der Waals surface area contributed by atoms with E-state index in [4.69, 9.17) is 9.47 Å². The molecule has 0 saturated carbocycles. The molecule has 1 N–H and O–H groups in total. The van der Waals surface area contributed by atoms with Gasteiger partial charge in [-0.1, -0.05) is 36.4 Å². The van der Waals surface area contributed by atoms with Gasteiger partial charge < -0.3 is 14.6 Å². The first-order valence-electron chi connectivity index (χ1n) is 8.92. The maximum Gasteiger partial charge on any atom is 0.356 e. The predicted molar refractivity (Wildman–Crippen MR) is 110 cm³/mol. The Labute approximate surface area is 167 Å². The van der Waals surface area contributed by atoms with Crippen LogP contribution in [0.15, 0.2) is 66.9 Å². The van der Waals surface area contributed by atoms with Crippen molar-refractivity contribution in [3.63, 3.8) is 0 Å². The number of nitrogens with zero attached hydrogens (tertiary/aromatic N) is 2. The monoisotopic (exact) mass is 386 g/mol. The van der Waals surface area contributed by atoms with Crippen molar-refractivity contribution in [3.8, 4) is 33.8 Å². The van der Waals surface area contributed by atoms with Gasteiger partial charge >= 0.3 is 5.97 Å². The highest BCUT2D eigenvalue weighted by atomic mass is 16.5. The average Bonchev–Trinajstić information content (AvgIpc) is 2.77. The molecular formula is C23H18N2O4. The summed E-state index contributed by atoms with van der Waals surface area (Å²) in [6, 6.07) is 19.4. The Kier molecular flexibility index (Phi) is 4.83. The van der Waals surface area contributed by atoms with Crippen LogP contribution in [0.1, 0.15) is 10.5 Å². The number of aromatic carboxylic acids is 1. The second-order valence-electron chi connectivity index (χ2n) is 6.38. The van der Waals surface area contributed by atoms with E-state index in [-0.39, 0.29) is 5.69 Å². The van der Waals surface area contributed by atoms with E-state index in [1.54, 1.807) is 14.2 Å². The summed E-state index contributed by atoms with van der Waals surface area (Å²) >= 11 is 0. The maximum absolute atomic E-state index is 11.3. The standard InChI is InChI=1S/C23H18N2O4/c1-28-21-9-8-15(10-22(21)29-2)17-12-19-18(24-13-20(25-19)23(26)27)11-16(17)14-6-4-3-5-7-14/h3-13H,1-2H3,(H,26,27). The third-order valence-electron chi connectivity index (χ3n) is 4.68. The molecule has 6 nitrogen and oxygen atoms in total. The molecule has 0 aliphatic heterocycles. The number of carboxylic acid groups (broad SMARTS) is 1. The Balaban J connectivity index is 2.00. The molecule has 0 bridgehead atoms. The molecule has 144 valence electrons. The summed E-state index contributed by atoms with van der Waals surface area (Å²) in [5.41, 5.74) is 4.80. The highest BCUT2D eigenvalue weighted by Crippen LogP contribution is 2.38. The molecule has 1 aromatic heterocycles. The van der Waals surface area contributed by atoms with Crippen LogP contribution in [0.2, 0.25) is 0 Å². The molecule has 0 radical (unpaired) electrons. The summed E-state index contributed by atoms with van der Waals surface area (Å²) in [6.07, 6.45) is 1.27. The van der Waals surface area contributed by atoms with E-state index in [9.17, 15) is 9.90 Å². The third-order valence-corrected chi connectivity index (χ3v) is 4.68. The molecule has 6 heteroatoms. The number of benzene rings is 3. The minimum absolute atomic E-state index is 0.0942. The van der Waals surface area contributed by atoms with Gasteiger partial charge in [0.1, 0.15) is 0 Å². The number of carbonyl (C=O) groups is 1. The number of fused-ring (bicyclic) bond motifs is 1. The number of carboxylic acids is 1. The van der Waals surface area contributed by atoms with Crippen molar-refractivity contribution < 1.29 is 19.4 Å². The van der Waals surface area contributed by atoms with Crippen molar-refractivity contribution >= 4 is 17.0 Å². The molecule has 0 saturated heterocycles. The molecular weight excluding hydrogens is 368 g/mol. The van der Waals surface area contributed by atoms with Gasteiger partial charge in [-0.15, -0.1) is 0 Å². The van der Waals surface area contributed by atoms with Gasteiger partial charge in [0.2, 0.25) is 0 Å². The lowest BCUT2D eigenvalue weighted by Crippen LogP contribution is -2.02. The Morgan fingerprint density at radius 3 is 2.21 bits per heavy atom. The highest BCUT2D eigenvalue weighted by Gasteiger charge is 2.15. The number of methoxy groups -OCH3 is 2. The minimum Gasteiger partial charge on any atom is -0.493 e. The highest BCUT2D eigenvalue weighted by molar-refractivity contribution is 5.95. The van der Waals surface area contributed by atoms with Crippen molar-refractivity contribution in [3.05, 3.63) is 72.6 Å². The molecule has 0 amide bonds. The molecule has 3 aromatic carbocycles. The summed E-state index contributed by atoms with van der Waals surface area (Å²) in [5.74, 6) is 0.125. The molecule has 0 aliphatic carbocycles. The summed E-state index contributed by atoms with van der Waals surface area (Å²) < 4.78 is 10.8. The first-order chi connectivity index (χ1) is 14.1. The van der Waals surface area contributed by atoms with E-state index in [0.717, 1.165) is 22.3 Å². The molecule has 4 aromatic rings. The lowest BCUT2D eigenvalue weighted by atomic mass is 9.93. The maximum atomic E-state index is 11.3. The molecule has 29 heavy (non-hydrogen) atoms. The predicted octanol–water partition coefficient (Wildman–Crippen LogP) is 4.68. The van der Waals surface area contributed by atoms with Crippen LogP contribution in [-0.2, 0) is 0 Å². The lowest BCUT2D eigenvalue weighted by Gasteiger charge is -2.14. The quantitative estimate of drug-likeness (QED) is 0.536. The number of ether oxygens (including phenoxy) is 2. The molecule has 4 rings (SSSR count). The Bertz CT molecular complexity index is 1210. The SMILES string of the molecule is COc1ccc(-c2cc3nc(C(=O)O)cnc3cc2-c2ccccc2)cc1OC. The number of hydrogen-bond donors (Lipinski definition) is 1. The minimum atomic E-state index is -1.11. The zero-order chi connectivity index (χ0) is 20.4.